The van der Waals surface area contributed by atoms with Crippen LogP contribution in [0.5, 0.6) is 0 Å². The predicted octanol–water partition coefficient (Wildman–Crippen LogP) is 0.967. The van der Waals surface area contributed by atoms with Gasteiger partial charge in [-0.1, -0.05) is 34.8 Å². The molecular formula is C6H15IN4O2. The van der Waals surface area contributed by atoms with Crippen LogP contribution in [0.2, 0.25) is 0 Å². The van der Waals surface area contributed by atoms with E-state index in [1.807, 2.05) is 13.8 Å². The fraction of sp³-hybridized carbons (Fsp3) is 1.00. The summed E-state index contributed by atoms with van der Waals surface area (Å²) in [5.74, 6) is 0. The second-order valence-electron chi connectivity index (χ2n) is 2.44. The van der Waals surface area contributed by atoms with E-state index < -0.39 is 0 Å². The van der Waals surface area contributed by atoms with E-state index in [1.165, 1.54) is 5.01 Å². The van der Waals surface area contributed by atoms with Gasteiger partial charge in [-0.2, -0.15) is 5.01 Å². The molecule has 0 aliphatic rings. The Morgan fingerprint density at radius 3 is 2.69 bits per heavy atom. The molecule has 0 rings (SSSR count). The van der Waals surface area contributed by atoms with E-state index in [4.69, 9.17) is 5.21 Å². The highest BCUT2D eigenvalue weighted by Crippen LogP contribution is 2.08. The zero-order valence-corrected chi connectivity index (χ0v) is 9.93. The van der Waals surface area contributed by atoms with Crippen LogP contribution in [0.1, 0.15) is 13.8 Å². The van der Waals surface area contributed by atoms with E-state index in [9.17, 15) is 4.91 Å². The van der Waals surface area contributed by atoms with Crippen molar-refractivity contribution in [3.05, 3.63) is 4.91 Å². The number of alkyl halides is 1. The molecule has 0 aromatic heterocycles. The quantitative estimate of drug-likeness (QED) is 0.183. The molecule has 1 unspecified atom stereocenters. The summed E-state index contributed by atoms with van der Waals surface area (Å²) in [5.41, 5.74) is 0. The molecule has 0 saturated carbocycles. The van der Waals surface area contributed by atoms with Gasteiger partial charge in [-0.3, -0.25) is 5.21 Å². The summed E-state index contributed by atoms with van der Waals surface area (Å²) in [4.78, 5) is 10.0. The molecule has 0 bridgehead atoms. The highest BCUT2D eigenvalue weighted by atomic mass is 127. The van der Waals surface area contributed by atoms with E-state index in [0.717, 1.165) is 6.54 Å². The molecule has 0 amide bonds. The Bertz CT molecular complexity index is 147. The molecule has 0 aromatic rings. The lowest BCUT2D eigenvalue weighted by molar-refractivity contribution is -0.248. The number of halogens is 1. The number of nitrogens with zero attached hydrogens (tertiary/aromatic N) is 3. The third-order valence-electron chi connectivity index (χ3n) is 1.48. The van der Waals surface area contributed by atoms with Crippen molar-refractivity contribution in [1.29, 1.82) is 0 Å². The molecule has 1 atom stereocenters. The predicted molar refractivity (Wildman–Crippen MR) is 58.2 cm³/mol. The maximum absolute atomic E-state index is 10.0. The Labute approximate surface area is 91.3 Å². The first kappa shape index (κ1) is 13.0. The molecule has 2 N–H and O–H groups in total. The van der Waals surface area contributed by atoms with Crippen molar-refractivity contribution in [1.82, 2.24) is 15.6 Å². The Balaban J connectivity index is 3.87. The van der Waals surface area contributed by atoms with Gasteiger partial charge in [0.05, 0.1) is 9.33 Å². The Morgan fingerprint density at radius 2 is 2.31 bits per heavy atom. The lowest BCUT2D eigenvalue weighted by Crippen LogP contribution is -2.43. The number of hydrogen-bond acceptors (Lipinski definition) is 5. The first-order chi connectivity index (χ1) is 6.13. The van der Waals surface area contributed by atoms with Gasteiger partial charge in [-0.05, 0) is 13.5 Å². The fourth-order valence-electron chi connectivity index (χ4n) is 0.827. The van der Waals surface area contributed by atoms with Crippen LogP contribution in [-0.4, -0.2) is 39.2 Å². The first-order valence-electron chi connectivity index (χ1n) is 4.07. The van der Waals surface area contributed by atoms with Crippen LogP contribution in [0.3, 0.4) is 0 Å². The van der Waals surface area contributed by atoms with Crippen LogP contribution in [0.4, 0.5) is 0 Å². The smallest absolute Gasteiger partial charge is 0.0962 e. The monoisotopic (exact) mass is 302 g/mol. The molecular weight excluding hydrogens is 287 g/mol. The number of rotatable bonds is 7. The summed E-state index contributed by atoms with van der Waals surface area (Å²) >= 11 is 2.09. The molecule has 7 heteroatoms. The third kappa shape index (κ3) is 5.34. The van der Waals surface area contributed by atoms with Crippen molar-refractivity contribution in [2.75, 3.05) is 19.6 Å². The van der Waals surface area contributed by atoms with Gasteiger partial charge in [-0.25, -0.2) is 0 Å². The van der Waals surface area contributed by atoms with E-state index in [-0.39, 0.29) is 4.05 Å². The average Bonchev–Trinajstić information content (AvgIpc) is 2.11. The van der Waals surface area contributed by atoms with Gasteiger partial charge in [0, 0.05) is 13.1 Å². The van der Waals surface area contributed by atoms with Gasteiger partial charge in [-0.15, -0.1) is 4.91 Å². The molecule has 0 spiro atoms. The van der Waals surface area contributed by atoms with Crippen molar-refractivity contribution in [3.63, 3.8) is 0 Å². The SMILES string of the molecule is CCNCCN(C(C)I)N(O)N=O. The maximum Gasteiger partial charge on any atom is 0.0962 e. The van der Waals surface area contributed by atoms with Gasteiger partial charge in [0.2, 0.25) is 0 Å². The van der Waals surface area contributed by atoms with Crippen molar-refractivity contribution in [2.45, 2.75) is 17.9 Å². The van der Waals surface area contributed by atoms with E-state index in [2.05, 4.69) is 33.2 Å². The number of hydrogen-bond donors (Lipinski definition) is 2. The van der Waals surface area contributed by atoms with Crippen LogP contribution < -0.4 is 5.32 Å². The van der Waals surface area contributed by atoms with Crippen LogP contribution in [0, 0.1) is 4.91 Å². The summed E-state index contributed by atoms with van der Waals surface area (Å²) in [6.07, 6.45) is 0. The Hall–Kier alpha value is 0.0100. The van der Waals surface area contributed by atoms with Crippen LogP contribution in [0.15, 0.2) is 5.29 Å². The average molecular weight is 302 g/mol. The van der Waals surface area contributed by atoms with E-state index in [1.54, 1.807) is 0 Å². The van der Waals surface area contributed by atoms with Crippen LogP contribution in [-0.2, 0) is 0 Å². The topological polar surface area (TPSA) is 68.2 Å². The molecule has 13 heavy (non-hydrogen) atoms. The molecule has 6 nitrogen and oxygen atoms in total. The molecule has 0 fully saturated rings. The fourth-order valence-corrected chi connectivity index (χ4v) is 1.33. The van der Waals surface area contributed by atoms with Gasteiger partial charge in [0.25, 0.3) is 0 Å². The lowest BCUT2D eigenvalue weighted by Gasteiger charge is -2.26. The highest BCUT2D eigenvalue weighted by molar-refractivity contribution is 14.1. The summed E-state index contributed by atoms with van der Waals surface area (Å²) in [5, 5.41) is 16.3. The minimum Gasteiger partial charge on any atom is -0.316 e. The van der Waals surface area contributed by atoms with E-state index in [0.29, 0.717) is 18.4 Å². The highest BCUT2D eigenvalue weighted by Gasteiger charge is 2.16. The van der Waals surface area contributed by atoms with E-state index >= 15 is 0 Å². The minimum absolute atomic E-state index is 0.0129. The van der Waals surface area contributed by atoms with Gasteiger partial charge >= 0.3 is 0 Å². The zero-order valence-electron chi connectivity index (χ0n) is 7.77. The first-order valence-corrected chi connectivity index (χ1v) is 5.31. The lowest BCUT2D eigenvalue weighted by atomic mass is 10.5. The Morgan fingerprint density at radius 1 is 1.69 bits per heavy atom. The summed E-state index contributed by atoms with van der Waals surface area (Å²) in [6.45, 7) is 5.97. The second-order valence-corrected chi connectivity index (χ2v) is 4.24. The number of hydrazine groups is 1. The largest absolute Gasteiger partial charge is 0.316 e. The third-order valence-corrected chi connectivity index (χ3v) is 2.12. The zero-order chi connectivity index (χ0) is 10.3. The van der Waals surface area contributed by atoms with Crippen molar-refractivity contribution in [3.8, 4) is 0 Å². The van der Waals surface area contributed by atoms with Crippen molar-refractivity contribution < 1.29 is 5.21 Å². The summed E-state index contributed by atoms with van der Waals surface area (Å²) in [6, 6.07) is 0. The molecule has 78 valence electrons. The molecule has 0 aliphatic carbocycles. The molecule has 0 aromatic carbocycles. The van der Waals surface area contributed by atoms with Crippen LogP contribution >= 0.6 is 22.6 Å². The summed E-state index contributed by atoms with van der Waals surface area (Å²) in [7, 11) is 0. The molecule has 0 aliphatic heterocycles. The molecule has 0 heterocycles. The molecule has 0 saturated heterocycles. The second kappa shape index (κ2) is 7.42. The van der Waals surface area contributed by atoms with Gasteiger partial charge in [0.1, 0.15) is 0 Å². The normalized spacial score (nSPS) is 13.0. The number of likely N-dealkylation sites (N-methyl/N-ethyl adjacent to an activating group) is 1. The van der Waals surface area contributed by atoms with Gasteiger partial charge < -0.3 is 5.32 Å². The molecule has 0 radical (unpaired) electrons. The van der Waals surface area contributed by atoms with Crippen LogP contribution in [0.25, 0.3) is 0 Å². The summed E-state index contributed by atoms with van der Waals surface area (Å²) < 4.78 is 0.0129. The Kier molecular flexibility index (Phi) is 7.42. The standard InChI is InChI=1S/C6H15IN4O2/c1-3-8-4-5-10(6(2)7)11(13)9-12/h6,8,13H,3-5H2,1-2H3. The van der Waals surface area contributed by atoms with Gasteiger partial charge in [0.15, 0.2) is 0 Å². The van der Waals surface area contributed by atoms with Crippen molar-refractivity contribution in [2.24, 2.45) is 5.29 Å². The number of nitroso groups, excluding NO2 is 1. The number of nitrogens with one attached hydrogen (secondary N) is 1. The minimum atomic E-state index is 0.0129. The maximum atomic E-state index is 10.0. The van der Waals surface area contributed by atoms with Crippen molar-refractivity contribution >= 4 is 22.6 Å².